The van der Waals surface area contributed by atoms with Crippen LogP contribution in [0.3, 0.4) is 0 Å². The van der Waals surface area contributed by atoms with Crippen molar-refractivity contribution in [2.75, 3.05) is 7.05 Å². The Morgan fingerprint density at radius 3 is 2.50 bits per heavy atom. The molecule has 0 aliphatic carbocycles. The maximum atomic E-state index is 12.4. The van der Waals surface area contributed by atoms with E-state index in [1.165, 1.54) is 31.3 Å². The van der Waals surface area contributed by atoms with Crippen LogP contribution in [0.15, 0.2) is 30.3 Å². The van der Waals surface area contributed by atoms with E-state index < -0.39 is 34.2 Å². The maximum Gasteiger partial charge on any atom is 0.388 e. The lowest BCUT2D eigenvalue weighted by Crippen LogP contribution is -2.20. The predicted octanol–water partition coefficient (Wildman–Crippen LogP) is 1.22. The van der Waals surface area contributed by atoms with Gasteiger partial charge in [0.05, 0.1) is 11.4 Å². The first-order chi connectivity index (χ1) is 11.2. The molecular formula is C13H13F2N3O5S. The molecule has 2 N–H and O–H groups in total. The van der Waals surface area contributed by atoms with E-state index in [4.69, 9.17) is 5.11 Å². The summed E-state index contributed by atoms with van der Waals surface area (Å²) in [5.74, 6) is -2.11. The highest BCUT2D eigenvalue weighted by molar-refractivity contribution is 7.88. The molecule has 2 aromatic rings. The molecule has 1 aromatic heterocycles. The van der Waals surface area contributed by atoms with Crippen LogP contribution in [0, 0.1) is 0 Å². The van der Waals surface area contributed by atoms with Gasteiger partial charge in [-0.3, -0.25) is 0 Å². The summed E-state index contributed by atoms with van der Waals surface area (Å²) >= 11 is 0. The monoisotopic (exact) mass is 361 g/mol. The van der Waals surface area contributed by atoms with Crippen LogP contribution in [0.4, 0.5) is 8.78 Å². The van der Waals surface area contributed by atoms with Crippen molar-refractivity contribution >= 4 is 16.0 Å². The van der Waals surface area contributed by atoms with E-state index in [9.17, 15) is 22.0 Å². The topological polar surface area (TPSA) is 111 Å². The van der Waals surface area contributed by atoms with Gasteiger partial charge < -0.3 is 9.84 Å². The van der Waals surface area contributed by atoms with Gasteiger partial charge >= 0.3 is 12.6 Å². The first kappa shape index (κ1) is 17.8. The van der Waals surface area contributed by atoms with Crippen LogP contribution in [0.5, 0.6) is 5.88 Å². The minimum Gasteiger partial charge on any atom is -0.476 e. The zero-order chi connectivity index (χ0) is 17.9. The smallest absolute Gasteiger partial charge is 0.388 e. The highest BCUT2D eigenvalue weighted by atomic mass is 32.2. The van der Waals surface area contributed by atoms with E-state index >= 15 is 0 Å². The summed E-state index contributed by atoms with van der Waals surface area (Å²) in [7, 11) is -2.17. The second-order valence-electron chi connectivity index (χ2n) is 4.59. The van der Waals surface area contributed by atoms with E-state index in [0.29, 0.717) is 5.56 Å². The first-order valence-electron chi connectivity index (χ1n) is 6.50. The van der Waals surface area contributed by atoms with Crippen molar-refractivity contribution < 1.29 is 31.8 Å². The number of benzene rings is 1. The van der Waals surface area contributed by atoms with E-state index in [-0.39, 0.29) is 11.4 Å². The van der Waals surface area contributed by atoms with E-state index in [0.717, 1.165) is 10.7 Å². The average molecular weight is 361 g/mol. The number of carbonyl (C=O) groups is 1. The van der Waals surface area contributed by atoms with Gasteiger partial charge in [0, 0.05) is 6.07 Å². The number of ether oxygens (including phenoxy) is 1. The standard InChI is InChI=1S/C13H13F2N3O5S/c1-16-24(21,22)7-8-2-4-9(5-3-8)18-11(23-13(14)15)6-10(17-18)12(19)20/h2-6,13,16H,7H2,1H3,(H,19,20). The van der Waals surface area contributed by atoms with Crippen molar-refractivity contribution in [3.05, 3.63) is 41.6 Å². The van der Waals surface area contributed by atoms with Gasteiger partial charge in [0.2, 0.25) is 15.9 Å². The quantitative estimate of drug-likeness (QED) is 0.767. The lowest BCUT2D eigenvalue weighted by molar-refractivity contribution is -0.0544. The Morgan fingerprint density at radius 2 is 2.00 bits per heavy atom. The number of sulfonamides is 1. The zero-order valence-corrected chi connectivity index (χ0v) is 13.1. The largest absolute Gasteiger partial charge is 0.476 e. The lowest BCUT2D eigenvalue weighted by atomic mass is 10.2. The van der Waals surface area contributed by atoms with Crippen LogP contribution < -0.4 is 9.46 Å². The average Bonchev–Trinajstić information content (AvgIpc) is 2.91. The number of aromatic carboxylic acids is 1. The van der Waals surface area contributed by atoms with Gasteiger partial charge in [0.1, 0.15) is 0 Å². The second-order valence-corrected chi connectivity index (χ2v) is 6.52. The fraction of sp³-hybridized carbons (Fsp3) is 0.231. The molecule has 8 nitrogen and oxygen atoms in total. The van der Waals surface area contributed by atoms with Crippen molar-refractivity contribution in [3.63, 3.8) is 0 Å². The molecule has 0 radical (unpaired) electrons. The third kappa shape index (κ3) is 4.26. The lowest BCUT2D eigenvalue weighted by Gasteiger charge is -2.09. The van der Waals surface area contributed by atoms with Crippen molar-refractivity contribution in [2.45, 2.75) is 12.4 Å². The molecule has 0 fully saturated rings. The molecule has 0 saturated carbocycles. The number of aromatic nitrogens is 2. The zero-order valence-electron chi connectivity index (χ0n) is 12.3. The molecule has 0 aliphatic heterocycles. The van der Waals surface area contributed by atoms with Crippen molar-refractivity contribution in [3.8, 4) is 11.6 Å². The van der Waals surface area contributed by atoms with Gasteiger partial charge in [-0.2, -0.15) is 13.9 Å². The van der Waals surface area contributed by atoms with Crippen LogP contribution >= 0.6 is 0 Å². The fourth-order valence-electron chi connectivity index (χ4n) is 1.85. The molecule has 2 rings (SSSR count). The van der Waals surface area contributed by atoms with E-state index in [2.05, 4.69) is 14.6 Å². The second kappa shape index (κ2) is 6.93. The number of hydrogen-bond acceptors (Lipinski definition) is 5. The number of nitrogens with zero attached hydrogens (tertiary/aromatic N) is 2. The minimum absolute atomic E-state index is 0.240. The third-order valence-corrected chi connectivity index (χ3v) is 4.29. The molecule has 0 atom stereocenters. The number of carboxylic acid groups (broad SMARTS) is 1. The summed E-state index contributed by atoms with van der Waals surface area (Å²) in [6.45, 7) is -3.15. The highest BCUT2D eigenvalue weighted by Gasteiger charge is 2.18. The van der Waals surface area contributed by atoms with Gasteiger partial charge in [-0.15, -0.1) is 0 Å². The van der Waals surface area contributed by atoms with Crippen LogP contribution in [0.1, 0.15) is 16.1 Å². The molecule has 0 saturated heterocycles. The number of rotatable bonds is 7. The molecule has 0 unspecified atom stereocenters. The summed E-state index contributed by atoms with van der Waals surface area (Å²) in [5, 5.41) is 12.6. The molecule has 11 heteroatoms. The van der Waals surface area contributed by atoms with Crippen molar-refractivity contribution in [1.82, 2.24) is 14.5 Å². The molecule has 1 heterocycles. The number of nitrogens with one attached hydrogen (secondary N) is 1. The Morgan fingerprint density at radius 1 is 1.38 bits per heavy atom. The molecule has 0 amide bonds. The Hall–Kier alpha value is -2.53. The maximum absolute atomic E-state index is 12.4. The number of carboxylic acids is 1. The van der Waals surface area contributed by atoms with Crippen LogP contribution in [-0.2, 0) is 15.8 Å². The SMILES string of the molecule is CNS(=O)(=O)Cc1ccc(-n2nc(C(=O)O)cc2OC(F)F)cc1. The van der Waals surface area contributed by atoms with E-state index in [1.807, 2.05) is 0 Å². The Labute approximate surface area is 135 Å². The van der Waals surface area contributed by atoms with Gasteiger partial charge in [-0.1, -0.05) is 12.1 Å². The molecule has 0 bridgehead atoms. The van der Waals surface area contributed by atoms with E-state index in [1.54, 1.807) is 0 Å². The van der Waals surface area contributed by atoms with Crippen LogP contribution in [0.25, 0.3) is 5.69 Å². The first-order valence-corrected chi connectivity index (χ1v) is 8.16. The fourth-order valence-corrected chi connectivity index (χ4v) is 2.63. The molecule has 0 spiro atoms. The molecule has 0 aliphatic rings. The van der Waals surface area contributed by atoms with Crippen molar-refractivity contribution in [1.29, 1.82) is 0 Å². The van der Waals surface area contributed by atoms with Gasteiger partial charge in [-0.05, 0) is 24.7 Å². The summed E-state index contributed by atoms with van der Waals surface area (Å²) in [6.07, 6.45) is 0. The Balaban J connectivity index is 2.35. The molecule has 1 aromatic carbocycles. The molecular weight excluding hydrogens is 348 g/mol. The molecule has 24 heavy (non-hydrogen) atoms. The Bertz CT molecular complexity index is 834. The van der Waals surface area contributed by atoms with Gasteiger partial charge in [0.25, 0.3) is 0 Å². The predicted molar refractivity (Wildman–Crippen MR) is 78.8 cm³/mol. The number of alkyl halides is 2. The summed E-state index contributed by atoms with van der Waals surface area (Å²) in [5.41, 5.74) is 0.228. The highest BCUT2D eigenvalue weighted by Crippen LogP contribution is 2.22. The van der Waals surface area contributed by atoms with Crippen LogP contribution in [-0.4, -0.2) is 42.9 Å². The normalized spacial score (nSPS) is 11.7. The number of halogens is 2. The Kier molecular flexibility index (Phi) is 5.14. The minimum atomic E-state index is -3.46. The van der Waals surface area contributed by atoms with Crippen LogP contribution in [0.2, 0.25) is 0 Å². The van der Waals surface area contributed by atoms with Gasteiger partial charge in [0.15, 0.2) is 5.69 Å². The summed E-state index contributed by atoms with van der Waals surface area (Å²) in [6, 6.07) is 6.61. The summed E-state index contributed by atoms with van der Waals surface area (Å²) in [4.78, 5) is 10.9. The molecule has 130 valence electrons. The van der Waals surface area contributed by atoms with Crippen molar-refractivity contribution in [2.24, 2.45) is 0 Å². The van der Waals surface area contributed by atoms with Gasteiger partial charge in [-0.25, -0.2) is 22.6 Å². The summed E-state index contributed by atoms with van der Waals surface area (Å²) < 4.78 is 55.1. The third-order valence-electron chi connectivity index (χ3n) is 2.95. The number of hydrogen-bond donors (Lipinski definition) is 2.